The molecule has 2 amide bonds. The molecule has 2 fully saturated rings. The number of hydroxylamine groups is 1. The van der Waals surface area contributed by atoms with Crippen LogP contribution in [0.1, 0.15) is 11.6 Å². The molecule has 0 spiro atoms. The van der Waals surface area contributed by atoms with Gasteiger partial charge in [-0.15, -0.1) is 0 Å². The number of carbonyl (C=O) groups excluding carboxylic acids is 2. The lowest BCUT2D eigenvalue weighted by atomic mass is 9.89. The molecule has 3 aromatic carbocycles. The minimum atomic E-state index is -1.12. The normalized spacial score (nSPS) is 20.7. The SMILES string of the molecule is COc1cc(OC)c(C2C3C(=O)N(c4ccc([N+](=O)[O-])cc4)C(=O)C3ON2c2ccccc2)cc1OC. The highest BCUT2D eigenvalue weighted by molar-refractivity contribution is 6.24. The van der Waals surface area contributed by atoms with Crippen LogP contribution >= 0.6 is 0 Å². The highest BCUT2D eigenvalue weighted by Crippen LogP contribution is 2.51. The van der Waals surface area contributed by atoms with Crippen molar-refractivity contribution >= 4 is 28.9 Å². The number of rotatable bonds is 7. The van der Waals surface area contributed by atoms with Crippen LogP contribution in [0.3, 0.4) is 0 Å². The summed E-state index contributed by atoms with van der Waals surface area (Å²) in [6.07, 6.45) is -1.12. The summed E-state index contributed by atoms with van der Waals surface area (Å²) in [5.74, 6) is -0.725. The minimum absolute atomic E-state index is 0.150. The zero-order valence-corrected chi connectivity index (χ0v) is 20.2. The van der Waals surface area contributed by atoms with Gasteiger partial charge in [-0.3, -0.25) is 24.5 Å². The van der Waals surface area contributed by atoms with Crippen molar-refractivity contribution in [3.63, 3.8) is 0 Å². The molecule has 2 aliphatic rings. The summed E-state index contributed by atoms with van der Waals surface area (Å²) in [5.41, 5.74) is 1.27. The van der Waals surface area contributed by atoms with E-state index >= 15 is 0 Å². The Bertz CT molecular complexity index is 1360. The molecule has 11 nitrogen and oxygen atoms in total. The van der Waals surface area contributed by atoms with Gasteiger partial charge in [0.05, 0.1) is 37.6 Å². The highest BCUT2D eigenvalue weighted by Gasteiger charge is 2.61. The van der Waals surface area contributed by atoms with Crippen molar-refractivity contribution in [2.45, 2.75) is 12.1 Å². The number of nitrogens with zero attached hydrogens (tertiary/aromatic N) is 3. The summed E-state index contributed by atoms with van der Waals surface area (Å²) >= 11 is 0. The Morgan fingerprint density at radius 1 is 0.811 bits per heavy atom. The molecule has 37 heavy (non-hydrogen) atoms. The van der Waals surface area contributed by atoms with Gasteiger partial charge in [0.25, 0.3) is 11.6 Å². The third kappa shape index (κ3) is 3.89. The molecule has 0 bridgehead atoms. The van der Waals surface area contributed by atoms with E-state index in [1.807, 2.05) is 30.3 Å². The van der Waals surface area contributed by atoms with E-state index in [1.54, 1.807) is 17.2 Å². The fourth-order valence-corrected chi connectivity index (χ4v) is 4.79. The van der Waals surface area contributed by atoms with Gasteiger partial charge in [-0.2, -0.15) is 0 Å². The largest absolute Gasteiger partial charge is 0.496 e. The molecule has 5 rings (SSSR count). The van der Waals surface area contributed by atoms with Gasteiger partial charge < -0.3 is 14.2 Å². The fourth-order valence-electron chi connectivity index (χ4n) is 4.79. The standard InChI is InChI=1S/C26H23N3O8/c1-34-19-14-21(36-3)20(35-2)13-18(19)23-22-24(37-28(23)16-7-5-4-6-8-16)26(31)27(25(22)30)15-9-11-17(12-10-15)29(32)33/h4-14,22-24H,1-3H3. The number of anilines is 2. The number of carbonyl (C=O) groups is 2. The third-order valence-electron chi connectivity index (χ3n) is 6.50. The van der Waals surface area contributed by atoms with Gasteiger partial charge in [0.2, 0.25) is 5.91 Å². The molecule has 0 N–H and O–H groups in total. The molecule has 0 aliphatic carbocycles. The van der Waals surface area contributed by atoms with Gasteiger partial charge in [0.15, 0.2) is 17.6 Å². The van der Waals surface area contributed by atoms with Crippen molar-refractivity contribution < 1.29 is 33.6 Å². The van der Waals surface area contributed by atoms with Crippen molar-refractivity contribution in [3.8, 4) is 17.2 Å². The predicted octanol–water partition coefficient (Wildman–Crippen LogP) is 3.67. The number of nitro benzene ring substituents is 1. The lowest BCUT2D eigenvalue weighted by molar-refractivity contribution is -0.384. The number of non-ortho nitro benzene ring substituents is 1. The van der Waals surface area contributed by atoms with Gasteiger partial charge >= 0.3 is 0 Å². The van der Waals surface area contributed by atoms with Crippen molar-refractivity contribution in [1.82, 2.24) is 0 Å². The van der Waals surface area contributed by atoms with Gasteiger partial charge in [0, 0.05) is 23.8 Å². The number of hydrogen-bond donors (Lipinski definition) is 0. The third-order valence-corrected chi connectivity index (χ3v) is 6.50. The first kappa shape index (κ1) is 24.1. The second-order valence-electron chi connectivity index (χ2n) is 8.39. The Labute approximate surface area is 211 Å². The van der Waals surface area contributed by atoms with Crippen LogP contribution < -0.4 is 24.2 Å². The van der Waals surface area contributed by atoms with Crippen molar-refractivity contribution in [2.75, 3.05) is 31.3 Å². The van der Waals surface area contributed by atoms with E-state index in [4.69, 9.17) is 19.0 Å². The van der Waals surface area contributed by atoms with E-state index < -0.39 is 34.8 Å². The highest BCUT2D eigenvalue weighted by atomic mass is 16.7. The monoisotopic (exact) mass is 505 g/mol. The number of hydrogen-bond acceptors (Lipinski definition) is 9. The lowest BCUT2D eigenvalue weighted by Crippen LogP contribution is -2.37. The number of fused-ring (bicyclic) bond motifs is 1. The van der Waals surface area contributed by atoms with Crippen LogP contribution in [0.15, 0.2) is 66.7 Å². The Hall–Kier alpha value is -4.64. The molecule has 0 radical (unpaired) electrons. The Kier molecular flexibility index (Phi) is 6.14. The zero-order chi connectivity index (χ0) is 26.3. The van der Waals surface area contributed by atoms with E-state index in [1.165, 1.54) is 45.6 Å². The van der Waals surface area contributed by atoms with Crippen LogP contribution in [0, 0.1) is 16.0 Å². The van der Waals surface area contributed by atoms with E-state index in [-0.39, 0.29) is 11.4 Å². The molecule has 2 heterocycles. The molecule has 0 saturated carbocycles. The number of para-hydroxylation sites is 1. The summed E-state index contributed by atoms with van der Waals surface area (Å²) in [4.78, 5) is 45.0. The predicted molar refractivity (Wildman–Crippen MR) is 132 cm³/mol. The fraction of sp³-hybridized carbons (Fsp3) is 0.231. The van der Waals surface area contributed by atoms with E-state index in [0.717, 1.165) is 4.90 Å². The van der Waals surface area contributed by atoms with Crippen LogP contribution in [-0.2, 0) is 14.4 Å². The quantitative estimate of drug-likeness (QED) is 0.269. The number of amides is 2. The number of methoxy groups -OCH3 is 3. The van der Waals surface area contributed by atoms with Crippen molar-refractivity contribution in [1.29, 1.82) is 0 Å². The molecule has 0 aromatic heterocycles. The van der Waals surface area contributed by atoms with E-state index in [9.17, 15) is 19.7 Å². The Morgan fingerprint density at radius 3 is 2.03 bits per heavy atom. The van der Waals surface area contributed by atoms with E-state index in [0.29, 0.717) is 28.5 Å². The van der Waals surface area contributed by atoms with Gasteiger partial charge in [-0.1, -0.05) is 18.2 Å². The summed E-state index contributed by atoms with van der Waals surface area (Å²) in [5, 5.41) is 12.6. The Morgan fingerprint density at radius 2 is 1.43 bits per heavy atom. The van der Waals surface area contributed by atoms with Crippen LogP contribution in [0.2, 0.25) is 0 Å². The lowest BCUT2D eigenvalue weighted by Gasteiger charge is -2.30. The average molecular weight is 505 g/mol. The van der Waals surface area contributed by atoms with Crippen molar-refractivity contribution in [2.24, 2.45) is 5.92 Å². The summed E-state index contributed by atoms with van der Waals surface area (Å²) < 4.78 is 16.6. The van der Waals surface area contributed by atoms with Crippen LogP contribution in [0.4, 0.5) is 17.1 Å². The topological polar surface area (TPSA) is 121 Å². The summed E-state index contributed by atoms with van der Waals surface area (Å²) in [6, 6.07) is 16.9. The zero-order valence-electron chi connectivity index (χ0n) is 20.2. The molecule has 3 aromatic rings. The maximum absolute atomic E-state index is 13.8. The molecule has 2 aliphatic heterocycles. The number of ether oxygens (including phenoxy) is 3. The van der Waals surface area contributed by atoms with Gasteiger partial charge in [0.1, 0.15) is 17.7 Å². The molecular weight excluding hydrogens is 482 g/mol. The molecule has 190 valence electrons. The molecule has 3 unspecified atom stereocenters. The molecule has 3 atom stereocenters. The maximum atomic E-state index is 13.8. The minimum Gasteiger partial charge on any atom is -0.496 e. The van der Waals surface area contributed by atoms with Crippen molar-refractivity contribution in [3.05, 3.63) is 82.4 Å². The molecular formula is C26H23N3O8. The van der Waals surface area contributed by atoms with Crippen LogP contribution in [0.25, 0.3) is 0 Å². The maximum Gasteiger partial charge on any atom is 0.269 e. The smallest absolute Gasteiger partial charge is 0.269 e. The molecule has 11 heteroatoms. The Balaban J connectivity index is 1.62. The second kappa shape index (κ2) is 9.43. The molecule has 2 saturated heterocycles. The first-order valence-corrected chi connectivity index (χ1v) is 11.3. The first-order valence-electron chi connectivity index (χ1n) is 11.3. The number of benzene rings is 3. The number of imide groups is 1. The van der Waals surface area contributed by atoms with E-state index in [2.05, 4.69) is 0 Å². The number of nitro groups is 1. The van der Waals surface area contributed by atoms with Crippen LogP contribution in [0.5, 0.6) is 17.2 Å². The van der Waals surface area contributed by atoms with Gasteiger partial charge in [-0.05, 0) is 30.3 Å². The first-order chi connectivity index (χ1) is 17.9. The van der Waals surface area contributed by atoms with Gasteiger partial charge in [-0.25, -0.2) is 9.96 Å². The van der Waals surface area contributed by atoms with Crippen LogP contribution in [-0.4, -0.2) is 44.2 Å². The second-order valence-corrected chi connectivity index (χ2v) is 8.39. The average Bonchev–Trinajstić information content (AvgIpc) is 3.43. The summed E-state index contributed by atoms with van der Waals surface area (Å²) in [7, 11) is 4.50. The summed E-state index contributed by atoms with van der Waals surface area (Å²) in [6.45, 7) is 0.